The van der Waals surface area contributed by atoms with E-state index < -0.39 is 12.1 Å². The lowest BCUT2D eigenvalue weighted by Gasteiger charge is -2.16. The molecule has 0 radical (unpaired) electrons. The highest BCUT2D eigenvalue weighted by Gasteiger charge is 2.22. The highest BCUT2D eigenvalue weighted by atomic mass is 32.2. The lowest BCUT2D eigenvalue weighted by Crippen LogP contribution is -2.40. The van der Waals surface area contributed by atoms with Gasteiger partial charge >= 0.3 is 5.97 Å². The predicted octanol–water partition coefficient (Wildman–Crippen LogP) is 3.41. The van der Waals surface area contributed by atoms with Crippen molar-refractivity contribution >= 4 is 29.7 Å². The summed E-state index contributed by atoms with van der Waals surface area (Å²) in [6.07, 6.45) is 8.61. The van der Waals surface area contributed by atoms with Crippen molar-refractivity contribution in [1.29, 1.82) is 0 Å². The highest BCUT2D eigenvalue weighted by molar-refractivity contribution is 7.98. The molecule has 0 bridgehead atoms. The average Bonchev–Trinajstić information content (AvgIpc) is 3.06. The maximum absolute atomic E-state index is 12.0. The number of esters is 1. The maximum atomic E-state index is 12.0. The number of benzene rings is 1. The number of ether oxygens (including phenoxy) is 1. The Hall–Kier alpha value is -1.75. The second-order valence-corrected chi connectivity index (χ2v) is 6.56. The minimum Gasteiger partial charge on any atom is -0.449 e. The van der Waals surface area contributed by atoms with E-state index in [0.29, 0.717) is 0 Å². The van der Waals surface area contributed by atoms with E-state index in [4.69, 9.17) is 4.74 Å². The van der Waals surface area contributed by atoms with Gasteiger partial charge < -0.3 is 10.1 Å². The van der Waals surface area contributed by atoms with E-state index in [1.165, 1.54) is 11.0 Å². The molecule has 1 aromatic rings. The third-order valence-corrected chi connectivity index (χ3v) is 4.63. The van der Waals surface area contributed by atoms with Crippen molar-refractivity contribution in [2.75, 3.05) is 6.26 Å². The van der Waals surface area contributed by atoms with Crippen molar-refractivity contribution in [2.45, 2.75) is 49.6 Å². The normalized spacial score (nSPS) is 16.4. The number of hydrogen-bond acceptors (Lipinski definition) is 4. The molecule has 2 rings (SSSR count). The van der Waals surface area contributed by atoms with E-state index >= 15 is 0 Å². The molecular weight excluding hydrogens is 310 g/mol. The van der Waals surface area contributed by atoms with Crippen LogP contribution in [0.25, 0.3) is 6.08 Å². The minimum absolute atomic E-state index is 0.219. The third kappa shape index (κ3) is 5.75. The van der Waals surface area contributed by atoms with Crippen LogP contribution in [0.4, 0.5) is 0 Å². The van der Waals surface area contributed by atoms with Crippen molar-refractivity contribution in [2.24, 2.45) is 0 Å². The lowest BCUT2D eigenvalue weighted by molar-refractivity contribution is -0.150. The number of amides is 1. The number of hydrogen-bond donors (Lipinski definition) is 1. The van der Waals surface area contributed by atoms with E-state index in [1.807, 2.05) is 30.5 Å². The Morgan fingerprint density at radius 2 is 1.91 bits per heavy atom. The van der Waals surface area contributed by atoms with Crippen LogP contribution in [0.3, 0.4) is 0 Å². The van der Waals surface area contributed by atoms with Crippen LogP contribution in [0, 0.1) is 0 Å². The van der Waals surface area contributed by atoms with Crippen molar-refractivity contribution in [3.8, 4) is 0 Å². The Balaban J connectivity index is 1.80. The topological polar surface area (TPSA) is 55.4 Å². The fraction of sp³-hybridized carbons (Fsp3) is 0.444. The van der Waals surface area contributed by atoms with Gasteiger partial charge in [0.25, 0.3) is 5.91 Å². The van der Waals surface area contributed by atoms with Crippen molar-refractivity contribution in [3.63, 3.8) is 0 Å². The summed E-state index contributed by atoms with van der Waals surface area (Å²) in [7, 11) is 0. The van der Waals surface area contributed by atoms with Gasteiger partial charge in [-0.3, -0.25) is 4.79 Å². The van der Waals surface area contributed by atoms with E-state index in [1.54, 1.807) is 24.8 Å². The maximum Gasteiger partial charge on any atom is 0.331 e. The fourth-order valence-corrected chi connectivity index (χ4v) is 2.94. The molecule has 0 aromatic heterocycles. The zero-order chi connectivity index (χ0) is 16.7. The molecule has 0 aliphatic heterocycles. The Bertz CT molecular complexity index is 562. The summed E-state index contributed by atoms with van der Waals surface area (Å²) in [6, 6.07) is 8.09. The van der Waals surface area contributed by atoms with Crippen LogP contribution >= 0.6 is 11.8 Å². The molecule has 1 fully saturated rings. The summed E-state index contributed by atoms with van der Waals surface area (Å²) < 4.78 is 5.15. The van der Waals surface area contributed by atoms with Gasteiger partial charge in [0.2, 0.25) is 0 Å². The number of thioether (sulfide) groups is 1. The predicted molar refractivity (Wildman–Crippen MR) is 93.2 cm³/mol. The Morgan fingerprint density at radius 3 is 2.52 bits per heavy atom. The van der Waals surface area contributed by atoms with Gasteiger partial charge in [0, 0.05) is 17.0 Å². The van der Waals surface area contributed by atoms with Gasteiger partial charge in [0.15, 0.2) is 6.10 Å². The van der Waals surface area contributed by atoms with Gasteiger partial charge in [0.05, 0.1) is 0 Å². The molecule has 1 aliphatic rings. The summed E-state index contributed by atoms with van der Waals surface area (Å²) in [5.41, 5.74) is 0.919. The molecular formula is C18H23NO3S. The zero-order valence-corrected chi connectivity index (χ0v) is 14.4. The molecule has 4 nitrogen and oxygen atoms in total. The van der Waals surface area contributed by atoms with Crippen LogP contribution in [0.5, 0.6) is 0 Å². The smallest absolute Gasteiger partial charge is 0.331 e. The quantitative estimate of drug-likeness (QED) is 0.492. The first-order valence-corrected chi connectivity index (χ1v) is 9.14. The minimum atomic E-state index is -0.772. The van der Waals surface area contributed by atoms with Gasteiger partial charge in [-0.25, -0.2) is 4.79 Å². The van der Waals surface area contributed by atoms with E-state index in [2.05, 4.69) is 5.32 Å². The van der Waals surface area contributed by atoms with Gasteiger partial charge in [-0.15, -0.1) is 11.8 Å². The standard InChI is InChI=1S/C18H23NO3S/c1-13(18(21)19-15-5-3-4-6-15)22-17(20)12-9-14-7-10-16(23-2)11-8-14/h7-13,15H,3-6H2,1-2H3,(H,19,21)/b12-9+/t13-/m0/s1. The van der Waals surface area contributed by atoms with Gasteiger partial charge in [-0.05, 0) is 49.8 Å². The number of nitrogens with one attached hydrogen (secondary N) is 1. The van der Waals surface area contributed by atoms with Crippen molar-refractivity contribution in [1.82, 2.24) is 5.32 Å². The molecule has 1 atom stereocenters. The second-order valence-electron chi connectivity index (χ2n) is 5.68. The fourth-order valence-electron chi connectivity index (χ4n) is 2.54. The monoisotopic (exact) mass is 333 g/mol. The Morgan fingerprint density at radius 1 is 1.26 bits per heavy atom. The molecule has 0 spiro atoms. The van der Waals surface area contributed by atoms with Gasteiger partial charge in [-0.2, -0.15) is 0 Å². The summed E-state index contributed by atoms with van der Waals surface area (Å²) in [6.45, 7) is 1.60. The Kier molecular flexibility index (Phi) is 6.71. The first-order valence-electron chi connectivity index (χ1n) is 7.91. The molecule has 124 valence electrons. The van der Waals surface area contributed by atoms with Crippen molar-refractivity contribution in [3.05, 3.63) is 35.9 Å². The molecule has 5 heteroatoms. The van der Waals surface area contributed by atoms with Crippen LogP contribution in [0.2, 0.25) is 0 Å². The highest BCUT2D eigenvalue weighted by Crippen LogP contribution is 2.18. The first kappa shape index (κ1) is 17.6. The van der Waals surface area contributed by atoms with E-state index in [0.717, 1.165) is 31.2 Å². The molecule has 0 saturated heterocycles. The average molecular weight is 333 g/mol. The van der Waals surface area contributed by atoms with Gasteiger partial charge in [-0.1, -0.05) is 25.0 Å². The molecule has 1 aliphatic carbocycles. The molecule has 1 aromatic carbocycles. The zero-order valence-electron chi connectivity index (χ0n) is 13.6. The Labute approximate surface area is 141 Å². The van der Waals surface area contributed by atoms with Crippen LogP contribution in [-0.4, -0.2) is 30.3 Å². The van der Waals surface area contributed by atoms with Crippen molar-refractivity contribution < 1.29 is 14.3 Å². The molecule has 23 heavy (non-hydrogen) atoms. The summed E-state index contributed by atoms with van der Waals surface area (Å²) >= 11 is 1.67. The van der Waals surface area contributed by atoms with Crippen LogP contribution in [-0.2, 0) is 14.3 Å². The summed E-state index contributed by atoms with van der Waals surface area (Å²) in [5, 5.41) is 2.93. The number of carbonyl (C=O) groups excluding carboxylic acids is 2. The molecule has 0 heterocycles. The van der Waals surface area contributed by atoms with Crippen LogP contribution in [0.15, 0.2) is 35.2 Å². The number of rotatable bonds is 6. The summed E-state index contributed by atoms with van der Waals surface area (Å²) in [5.74, 6) is -0.726. The van der Waals surface area contributed by atoms with Crippen LogP contribution < -0.4 is 5.32 Å². The van der Waals surface area contributed by atoms with Crippen LogP contribution in [0.1, 0.15) is 38.2 Å². The number of carbonyl (C=O) groups is 2. The second kappa shape index (κ2) is 8.77. The van der Waals surface area contributed by atoms with E-state index in [-0.39, 0.29) is 11.9 Å². The molecule has 1 N–H and O–H groups in total. The third-order valence-electron chi connectivity index (χ3n) is 3.89. The first-order chi connectivity index (χ1) is 11.1. The SMILES string of the molecule is CSc1ccc(/C=C/C(=O)O[C@@H](C)C(=O)NC2CCCC2)cc1. The van der Waals surface area contributed by atoms with E-state index in [9.17, 15) is 9.59 Å². The summed E-state index contributed by atoms with van der Waals surface area (Å²) in [4.78, 5) is 24.9. The molecule has 1 saturated carbocycles. The largest absolute Gasteiger partial charge is 0.449 e. The molecule has 0 unspecified atom stereocenters. The molecule has 1 amide bonds. The lowest BCUT2D eigenvalue weighted by atomic mass is 10.2. The van der Waals surface area contributed by atoms with Gasteiger partial charge in [0.1, 0.15) is 0 Å².